The highest BCUT2D eigenvalue weighted by molar-refractivity contribution is 7.98. The number of nitrogens with zero attached hydrogens (tertiary/aromatic N) is 4. The number of benzene rings is 1. The van der Waals surface area contributed by atoms with E-state index in [2.05, 4.69) is 26.7 Å². The minimum Gasteiger partial charge on any atom is -0.397 e. The van der Waals surface area contributed by atoms with E-state index in [0.29, 0.717) is 11.4 Å². The van der Waals surface area contributed by atoms with Crippen molar-refractivity contribution in [1.29, 1.82) is 0 Å². The fraction of sp³-hybridized carbons (Fsp3) is 0.167. The molecule has 3 heterocycles. The van der Waals surface area contributed by atoms with Gasteiger partial charge in [0.05, 0.1) is 10.6 Å². The molecule has 0 saturated carbocycles. The summed E-state index contributed by atoms with van der Waals surface area (Å²) < 4.78 is 15.1. The van der Waals surface area contributed by atoms with Crippen LogP contribution in [0.25, 0.3) is 20.9 Å². The lowest BCUT2D eigenvalue weighted by Gasteiger charge is -2.07. The number of pyridine rings is 1. The van der Waals surface area contributed by atoms with Gasteiger partial charge in [0.15, 0.2) is 11.0 Å². The molecule has 3 aromatic heterocycles. The van der Waals surface area contributed by atoms with Crippen LogP contribution in [0.2, 0.25) is 0 Å². The summed E-state index contributed by atoms with van der Waals surface area (Å²) >= 11 is 3.10. The van der Waals surface area contributed by atoms with Crippen LogP contribution in [0.15, 0.2) is 47.8 Å². The number of thioether (sulfide) groups is 1. The second-order valence-electron chi connectivity index (χ2n) is 5.67. The van der Waals surface area contributed by atoms with Crippen LogP contribution in [-0.2, 0) is 12.3 Å². The molecule has 0 spiro atoms. The van der Waals surface area contributed by atoms with Crippen LogP contribution < -0.4 is 5.73 Å². The molecule has 0 amide bonds. The summed E-state index contributed by atoms with van der Waals surface area (Å²) in [6.45, 7) is 2.78. The summed E-state index contributed by atoms with van der Waals surface area (Å²) in [4.78, 5) is 6.16. The average molecular weight is 385 g/mol. The molecule has 4 rings (SSSR count). The molecule has 0 bridgehead atoms. The van der Waals surface area contributed by atoms with E-state index < -0.39 is 0 Å². The minimum atomic E-state index is -0.230. The lowest BCUT2D eigenvalue weighted by Crippen LogP contribution is -2.00. The van der Waals surface area contributed by atoms with Crippen molar-refractivity contribution in [2.75, 3.05) is 5.73 Å². The van der Waals surface area contributed by atoms with Gasteiger partial charge < -0.3 is 10.3 Å². The normalized spacial score (nSPS) is 11.3. The van der Waals surface area contributed by atoms with E-state index in [1.165, 1.54) is 23.5 Å². The predicted molar refractivity (Wildman–Crippen MR) is 105 cm³/mol. The quantitative estimate of drug-likeness (QED) is 0.509. The van der Waals surface area contributed by atoms with E-state index in [1.807, 2.05) is 12.1 Å². The van der Waals surface area contributed by atoms with Crippen molar-refractivity contribution in [2.24, 2.45) is 0 Å². The SMILES string of the molecule is CCn1c(SCc2ccc(F)cc2)nnc1-c1sc2ncccc2c1N. The summed E-state index contributed by atoms with van der Waals surface area (Å²) in [5.74, 6) is 1.23. The second-order valence-corrected chi connectivity index (χ2v) is 7.61. The average Bonchev–Trinajstić information content (AvgIpc) is 3.22. The summed E-state index contributed by atoms with van der Waals surface area (Å²) in [5, 5.41) is 10.5. The summed E-state index contributed by atoms with van der Waals surface area (Å²) in [7, 11) is 0. The Hall–Kier alpha value is -2.45. The Bertz CT molecular complexity index is 1060. The molecule has 132 valence electrons. The minimum absolute atomic E-state index is 0.230. The van der Waals surface area contributed by atoms with Gasteiger partial charge in [0.2, 0.25) is 0 Å². The summed E-state index contributed by atoms with van der Waals surface area (Å²) in [6, 6.07) is 10.4. The van der Waals surface area contributed by atoms with Gasteiger partial charge in [-0.15, -0.1) is 21.5 Å². The van der Waals surface area contributed by atoms with Crippen LogP contribution in [-0.4, -0.2) is 19.7 Å². The third-order valence-corrected chi connectivity index (χ3v) is 6.19. The fourth-order valence-electron chi connectivity index (χ4n) is 2.69. The van der Waals surface area contributed by atoms with E-state index in [0.717, 1.165) is 38.2 Å². The first kappa shape index (κ1) is 17.0. The molecule has 26 heavy (non-hydrogen) atoms. The molecule has 0 radical (unpaired) electrons. The third kappa shape index (κ3) is 3.06. The van der Waals surface area contributed by atoms with E-state index in [-0.39, 0.29) is 5.82 Å². The van der Waals surface area contributed by atoms with E-state index in [9.17, 15) is 4.39 Å². The Morgan fingerprint density at radius 2 is 2.00 bits per heavy atom. The Labute approximate surface area is 158 Å². The molecule has 0 aliphatic carbocycles. The van der Waals surface area contributed by atoms with Crippen LogP contribution in [0.3, 0.4) is 0 Å². The first-order chi connectivity index (χ1) is 12.7. The van der Waals surface area contributed by atoms with Crippen molar-refractivity contribution in [3.8, 4) is 10.7 Å². The monoisotopic (exact) mass is 385 g/mol. The van der Waals surface area contributed by atoms with Crippen LogP contribution in [0.1, 0.15) is 12.5 Å². The van der Waals surface area contributed by atoms with Gasteiger partial charge in [-0.05, 0) is 36.8 Å². The fourth-order valence-corrected chi connectivity index (χ4v) is 4.71. The highest BCUT2D eigenvalue weighted by Crippen LogP contribution is 2.39. The Morgan fingerprint density at radius 1 is 1.19 bits per heavy atom. The van der Waals surface area contributed by atoms with Crippen molar-refractivity contribution in [3.05, 3.63) is 54.0 Å². The number of nitrogen functional groups attached to an aromatic ring is 1. The number of anilines is 1. The lowest BCUT2D eigenvalue weighted by atomic mass is 10.2. The largest absolute Gasteiger partial charge is 0.397 e. The van der Waals surface area contributed by atoms with Gasteiger partial charge in [0, 0.05) is 23.9 Å². The molecule has 0 unspecified atom stereocenters. The molecule has 8 heteroatoms. The van der Waals surface area contributed by atoms with E-state index >= 15 is 0 Å². The zero-order valence-electron chi connectivity index (χ0n) is 14.0. The van der Waals surface area contributed by atoms with Crippen molar-refractivity contribution in [3.63, 3.8) is 0 Å². The summed E-state index contributed by atoms with van der Waals surface area (Å²) in [5.41, 5.74) is 8.06. The molecular formula is C18H16FN5S2. The maximum Gasteiger partial charge on any atom is 0.191 e. The number of fused-ring (bicyclic) bond motifs is 1. The zero-order valence-corrected chi connectivity index (χ0v) is 15.6. The van der Waals surface area contributed by atoms with Crippen LogP contribution in [0.4, 0.5) is 10.1 Å². The molecule has 0 aliphatic heterocycles. The van der Waals surface area contributed by atoms with E-state index in [4.69, 9.17) is 5.73 Å². The molecule has 2 N–H and O–H groups in total. The van der Waals surface area contributed by atoms with Gasteiger partial charge >= 0.3 is 0 Å². The molecule has 5 nitrogen and oxygen atoms in total. The number of halogens is 1. The predicted octanol–water partition coefficient (Wildman–Crippen LogP) is 4.59. The highest BCUT2D eigenvalue weighted by Gasteiger charge is 2.19. The van der Waals surface area contributed by atoms with Gasteiger partial charge in [0.25, 0.3) is 0 Å². The number of nitrogens with two attached hydrogens (primary N) is 1. The lowest BCUT2D eigenvalue weighted by molar-refractivity contribution is 0.627. The Balaban J connectivity index is 1.65. The van der Waals surface area contributed by atoms with Gasteiger partial charge in [-0.1, -0.05) is 23.9 Å². The highest BCUT2D eigenvalue weighted by atomic mass is 32.2. The molecule has 0 atom stereocenters. The topological polar surface area (TPSA) is 69.6 Å². The zero-order chi connectivity index (χ0) is 18.1. The maximum absolute atomic E-state index is 13.0. The molecule has 0 saturated heterocycles. The smallest absolute Gasteiger partial charge is 0.191 e. The first-order valence-corrected chi connectivity index (χ1v) is 9.91. The van der Waals surface area contributed by atoms with Gasteiger partial charge in [-0.25, -0.2) is 9.37 Å². The van der Waals surface area contributed by atoms with Gasteiger partial charge in [-0.2, -0.15) is 0 Å². The Morgan fingerprint density at radius 3 is 2.73 bits per heavy atom. The van der Waals surface area contributed by atoms with Crippen LogP contribution >= 0.6 is 23.1 Å². The maximum atomic E-state index is 13.0. The van der Waals surface area contributed by atoms with Gasteiger partial charge in [0.1, 0.15) is 10.6 Å². The first-order valence-electron chi connectivity index (χ1n) is 8.11. The summed E-state index contributed by atoms with van der Waals surface area (Å²) in [6.07, 6.45) is 1.76. The van der Waals surface area contributed by atoms with Crippen molar-refractivity contribution >= 4 is 39.0 Å². The van der Waals surface area contributed by atoms with Crippen molar-refractivity contribution in [1.82, 2.24) is 19.7 Å². The van der Waals surface area contributed by atoms with Gasteiger partial charge in [-0.3, -0.25) is 0 Å². The van der Waals surface area contributed by atoms with Crippen LogP contribution in [0, 0.1) is 5.82 Å². The molecule has 4 aromatic rings. The van der Waals surface area contributed by atoms with E-state index in [1.54, 1.807) is 30.1 Å². The van der Waals surface area contributed by atoms with Crippen molar-refractivity contribution in [2.45, 2.75) is 24.4 Å². The number of rotatable bonds is 5. The molecule has 1 aromatic carbocycles. The Kier molecular flexibility index (Phi) is 4.60. The number of hydrogen-bond acceptors (Lipinski definition) is 6. The molecule has 0 fully saturated rings. The standard InChI is InChI=1S/C18H16FN5S2/c1-2-24-16(15-14(20)13-4-3-9-21-17(13)26-15)22-23-18(24)25-10-11-5-7-12(19)8-6-11/h3-9H,2,10,20H2,1H3. The van der Waals surface area contributed by atoms with Crippen molar-refractivity contribution < 1.29 is 4.39 Å². The molecular weight excluding hydrogens is 369 g/mol. The number of aromatic nitrogens is 4. The second kappa shape index (κ2) is 7.05. The third-order valence-electron chi connectivity index (χ3n) is 4.02. The van der Waals surface area contributed by atoms with Crippen LogP contribution in [0.5, 0.6) is 0 Å². The molecule has 0 aliphatic rings. The number of hydrogen-bond donors (Lipinski definition) is 1. The number of thiophene rings is 1.